The van der Waals surface area contributed by atoms with Crippen molar-refractivity contribution in [3.05, 3.63) is 47.3 Å². The number of aromatic nitrogens is 2. The zero-order valence-corrected chi connectivity index (χ0v) is 12.1. The molecule has 19 heavy (non-hydrogen) atoms. The predicted molar refractivity (Wildman–Crippen MR) is 76.7 cm³/mol. The van der Waals surface area contributed by atoms with Crippen molar-refractivity contribution >= 4 is 17.5 Å². The van der Waals surface area contributed by atoms with Crippen LogP contribution in [0, 0.1) is 6.92 Å². The minimum absolute atomic E-state index is 0.0796. The Labute approximate surface area is 117 Å². The Morgan fingerprint density at radius 2 is 1.95 bits per heavy atom. The number of nitrogens with zero attached hydrogens (tertiary/aromatic N) is 2. The second-order valence-corrected chi connectivity index (χ2v) is 5.34. The van der Waals surface area contributed by atoms with Gasteiger partial charge in [0.25, 0.3) is 0 Å². The van der Waals surface area contributed by atoms with Crippen LogP contribution in [0.4, 0.5) is 0 Å². The molecule has 2 aromatic rings. The molecular weight excluding hydrogens is 256 g/mol. The molecule has 0 saturated heterocycles. The quantitative estimate of drug-likeness (QED) is 0.628. The maximum Gasteiger partial charge on any atom is 0.192 e. The van der Waals surface area contributed by atoms with Gasteiger partial charge in [-0.25, -0.2) is 9.97 Å². The van der Waals surface area contributed by atoms with Crippen LogP contribution < -0.4 is 0 Å². The summed E-state index contributed by atoms with van der Waals surface area (Å²) >= 11 is 1.51. The van der Waals surface area contributed by atoms with Crippen LogP contribution in [0.1, 0.15) is 35.5 Å². The highest BCUT2D eigenvalue weighted by atomic mass is 32.2. The minimum atomic E-state index is 0.0796. The third-order valence-electron chi connectivity index (χ3n) is 2.91. The van der Waals surface area contributed by atoms with Gasteiger partial charge in [0.05, 0.1) is 0 Å². The van der Waals surface area contributed by atoms with Gasteiger partial charge in [-0.15, -0.1) is 0 Å². The van der Waals surface area contributed by atoms with Gasteiger partial charge in [-0.3, -0.25) is 4.79 Å². The van der Waals surface area contributed by atoms with Gasteiger partial charge in [-0.1, -0.05) is 19.1 Å². The summed E-state index contributed by atoms with van der Waals surface area (Å²) < 4.78 is 0. The number of ketones is 1. The van der Waals surface area contributed by atoms with Gasteiger partial charge >= 0.3 is 0 Å². The predicted octanol–water partition coefficient (Wildman–Crippen LogP) is 3.70. The van der Waals surface area contributed by atoms with Crippen molar-refractivity contribution in [3.63, 3.8) is 0 Å². The van der Waals surface area contributed by atoms with E-state index < -0.39 is 0 Å². The lowest BCUT2D eigenvalue weighted by atomic mass is 10.2. The molecule has 4 heteroatoms. The fourth-order valence-corrected chi connectivity index (χ4v) is 2.50. The lowest BCUT2D eigenvalue weighted by molar-refractivity contribution is 0.101. The highest BCUT2D eigenvalue weighted by Gasteiger charge is 2.05. The van der Waals surface area contributed by atoms with Crippen LogP contribution in [0.25, 0.3) is 0 Å². The molecule has 0 fully saturated rings. The van der Waals surface area contributed by atoms with E-state index in [4.69, 9.17) is 0 Å². The molecule has 1 aromatic carbocycles. The smallest absolute Gasteiger partial charge is 0.192 e. The molecule has 0 amide bonds. The maximum absolute atomic E-state index is 11.2. The van der Waals surface area contributed by atoms with Crippen molar-refractivity contribution in [2.75, 3.05) is 0 Å². The van der Waals surface area contributed by atoms with Crippen molar-refractivity contribution < 1.29 is 4.79 Å². The zero-order chi connectivity index (χ0) is 13.8. The largest absolute Gasteiger partial charge is 0.295 e. The number of carbonyl (C=O) groups is 1. The highest BCUT2D eigenvalue weighted by molar-refractivity contribution is 7.99. The summed E-state index contributed by atoms with van der Waals surface area (Å²) in [4.78, 5) is 21.1. The van der Waals surface area contributed by atoms with E-state index in [9.17, 15) is 4.79 Å². The average Bonchev–Trinajstić information content (AvgIpc) is 2.39. The summed E-state index contributed by atoms with van der Waals surface area (Å²) in [6.07, 6.45) is 2.83. The monoisotopic (exact) mass is 272 g/mol. The topological polar surface area (TPSA) is 42.9 Å². The van der Waals surface area contributed by atoms with Gasteiger partial charge in [-0.05, 0) is 49.7 Å². The molecule has 3 nitrogen and oxygen atoms in total. The summed E-state index contributed by atoms with van der Waals surface area (Å²) in [5.74, 6) is 0.0796. The normalized spacial score (nSPS) is 10.5. The van der Waals surface area contributed by atoms with Crippen LogP contribution >= 0.6 is 11.8 Å². The molecule has 0 atom stereocenters. The fourth-order valence-electron chi connectivity index (χ4n) is 1.73. The average molecular weight is 272 g/mol. The van der Waals surface area contributed by atoms with Crippen molar-refractivity contribution in [3.8, 4) is 0 Å². The van der Waals surface area contributed by atoms with Crippen LogP contribution in [0.15, 0.2) is 40.5 Å². The van der Waals surface area contributed by atoms with Crippen LogP contribution in [-0.2, 0) is 6.42 Å². The molecule has 0 radical (unpaired) electrons. The van der Waals surface area contributed by atoms with Crippen molar-refractivity contribution in [2.24, 2.45) is 0 Å². The molecule has 1 aromatic heterocycles. The molecular formula is C15H16N2OS. The number of hydrogen-bond acceptors (Lipinski definition) is 4. The van der Waals surface area contributed by atoms with Crippen LogP contribution in [-0.4, -0.2) is 15.8 Å². The molecule has 2 rings (SSSR count). The maximum atomic E-state index is 11.2. The van der Waals surface area contributed by atoms with E-state index in [-0.39, 0.29) is 5.78 Å². The minimum Gasteiger partial charge on any atom is -0.295 e. The molecule has 0 saturated carbocycles. The Bertz CT molecular complexity index is 594. The van der Waals surface area contributed by atoms with Crippen LogP contribution in [0.2, 0.25) is 0 Å². The molecule has 0 aliphatic rings. The number of aryl methyl sites for hydroxylation is 2. The first-order valence-corrected chi connectivity index (χ1v) is 7.03. The Kier molecular flexibility index (Phi) is 4.32. The van der Waals surface area contributed by atoms with Gasteiger partial charge in [0, 0.05) is 22.3 Å². The number of rotatable bonds is 4. The molecule has 0 unspecified atom stereocenters. The van der Waals surface area contributed by atoms with Gasteiger partial charge in [0.15, 0.2) is 10.9 Å². The van der Waals surface area contributed by atoms with Gasteiger partial charge in [-0.2, -0.15) is 0 Å². The molecule has 1 heterocycles. The molecule has 0 aliphatic carbocycles. The molecule has 0 aliphatic heterocycles. The van der Waals surface area contributed by atoms with Gasteiger partial charge in [0.1, 0.15) is 0 Å². The lowest BCUT2D eigenvalue weighted by Crippen LogP contribution is -1.95. The molecule has 0 bridgehead atoms. The Balaban J connectivity index is 2.16. The molecule has 98 valence electrons. The summed E-state index contributed by atoms with van der Waals surface area (Å²) in [5, 5.41) is 0.741. The van der Waals surface area contributed by atoms with E-state index in [1.165, 1.54) is 17.3 Å². The number of Topliss-reactive ketones (excluding diaryl/α,β-unsaturated/α-hetero) is 1. The Morgan fingerprint density at radius 3 is 2.47 bits per heavy atom. The summed E-state index contributed by atoms with van der Waals surface area (Å²) in [5.41, 5.74) is 2.93. The Morgan fingerprint density at radius 1 is 1.26 bits per heavy atom. The first-order chi connectivity index (χ1) is 9.10. The number of carbonyl (C=O) groups excluding carboxylic acids is 1. The third kappa shape index (κ3) is 3.41. The zero-order valence-electron chi connectivity index (χ0n) is 11.3. The standard InChI is InChI=1S/C15H16N2OS/c1-4-12-9-16-15(17-10(12)2)19-14-7-5-13(6-8-14)11(3)18/h5-9H,4H2,1-3H3. The second-order valence-electron chi connectivity index (χ2n) is 4.30. The summed E-state index contributed by atoms with van der Waals surface area (Å²) in [6.45, 7) is 5.67. The van der Waals surface area contributed by atoms with Crippen molar-refractivity contribution in [2.45, 2.75) is 37.2 Å². The second kappa shape index (κ2) is 5.97. The van der Waals surface area contributed by atoms with Crippen LogP contribution in [0.5, 0.6) is 0 Å². The SMILES string of the molecule is CCc1cnc(Sc2ccc(C(C)=O)cc2)nc1C. The molecule has 0 spiro atoms. The number of benzene rings is 1. The summed E-state index contributed by atoms with van der Waals surface area (Å²) in [6, 6.07) is 7.51. The van der Waals surface area contributed by atoms with Crippen LogP contribution in [0.3, 0.4) is 0 Å². The van der Waals surface area contributed by atoms with E-state index in [0.717, 1.165) is 27.7 Å². The van der Waals surface area contributed by atoms with E-state index in [0.29, 0.717) is 0 Å². The summed E-state index contributed by atoms with van der Waals surface area (Å²) in [7, 11) is 0. The number of hydrogen-bond donors (Lipinski definition) is 0. The van der Waals surface area contributed by atoms with E-state index >= 15 is 0 Å². The first kappa shape index (κ1) is 13.7. The Hall–Kier alpha value is -1.68. The third-order valence-corrected chi connectivity index (χ3v) is 3.80. The van der Waals surface area contributed by atoms with E-state index in [2.05, 4.69) is 16.9 Å². The van der Waals surface area contributed by atoms with Crippen molar-refractivity contribution in [1.29, 1.82) is 0 Å². The first-order valence-electron chi connectivity index (χ1n) is 6.21. The van der Waals surface area contributed by atoms with E-state index in [1.54, 1.807) is 6.92 Å². The lowest BCUT2D eigenvalue weighted by Gasteiger charge is -2.05. The van der Waals surface area contributed by atoms with Gasteiger partial charge < -0.3 is 0 Å². The highest BCUT2D eigenvalue weighted by Crippen LogP contribution is 2.25. The van der Waals surface area contributed by atoms with E-state index in [1.807, 2.05) is 37.4 Å². The van der Waals surface area contributed by atoms with Gasteiger partial charge in [0.2, 0.25) is 0 Å². The fraction of sp³-hybridized carbons (Fsp3) is 0.267. The molecule has 0 N–H and O–H groups in total. The van der Waals surface area contributed by atoms with Crippen molar-refractivity contribution in [1.82, 2.24) is 9.97 Å².